The quantitative estimate of drug-likeness (QED) is 0.682. The number of hydrogen-bond donors (Lipinski definition) is 1. The van der Waals surface area contributed by atoms with Gasteiger partial charge in [0.15, 0.2) is 0 Å². The first kappa shape index (κ1) is 14.7. The maximum absolute atomic E-state index is 12.3. The molecule has 0 fully saturated rings. The van der Waals surface area contributed by atoms with Crippen LogP contribution < -0.4 is 10.9 Å². The van der Waals surface area contributed by atoms with Crippen LogP contribution in [0.2, 0.25) is 0 Å². The summed E-state index contributed by atoms with van der Waals surface area (Å²) in [4.78, 5) is 24.4. The van der Waals surface area contributed by atoms with Crippen molar-refractivity contribution in [2.24, 2.45) is 0 Å². The highest BCUT2D eigenvalue weighted by Gasteiger charge is 2.09. The number of hydrogen-bond acceptors (Lipinski definition) is 3. The van der Waals surface area contributed by atoms with Crippen LogP contribution in [0.3, 0.4) is 0 Å². The highest BCUT2D eigenvalue weighted by Crippen LogP contribution is 2.16. The second-order valence-electron chi connectivity index (χ2n) is 4.72. The van der Waals surface area contributed by atoms with Crippen LogP contribution in [0.1, 0.15) is 0 Å². The molecule has 1 N–H and O–H groups in total. The van der Waals surface area contributed by atoms with Gasteiger partial charge in [0, 0.05) is 8.96 Å². The molecule has 5 nitrogen and oxygen atoms in total. The van der Waals surface area contributed by atoms with E-state index in [4.69, 9.17) is 0 Å². The Bertz CT molecular complexity index is 905. The number of amides is 1. The lowest BCUT2D eigenvalue weighted by atomic mass is 10.2. The van der Waals surface area contributed by atoms with E-state index >= 15 is 0 Å². The summed E-state index contributed by atoms with van der Waals surface area (Å²) < 4.78 is 2.11. The number of nitrogens with zero attached hydrogens (tertiary/aromatic N) is 2. The zero-order chi connectivity index (χ0) is 15.5. The van der Waals surface area contributed by atoms with Gasteiger partial charge in [0.25, 0.3) is 5.56 Å². The van der Waals surface area contributed by atoms with Crippen molar-refractivity contribution in [3.05, 3.63) is 68.7 Å². The van der Waals surface area contributed by atoms with Crippen molar-refractivity contribution in [1.82, 2.24) is 9.78 Å². The van der Waals surface area contributed by atoms with Crippen LogP contribution in [0, 0.1) is 3.57 Å². The van der Waals surface area contributed by atoms with E-state index in [1.54, 1.807) is 18.3 Å². The molecule has 0 radical (unpaired) electrons. The number of aromatic nitrogens is 2. The Kier molecular flexibility index (Phi) is 4.19. The summed E-state index contributed by atoms with van der Waals surface area (Å²) >= 11 is 2.14. The summed E-state index contributed by atoms with van der Waals surface area (Å²) in [6.07, 6.45) is 1.59. The van der Waals surface area contributed by atoms with Gasteiger partial charge in [0.05, 0.1) is 17.3 Å². The molecule has 0 aliphatic heterocycles. The van der Waals surface area contributed by atoms with Crippen molar-refractivity contribution >= 4 is 45.0 Å². The molecule has 22 heavy (non-hydrogen) atoms. The highest BCUT2D eigenvalue weighted by molar-refractivity contribution is 14.1. The Morgan fingerprint density at radius 1 is 1.14 bits per heavy atom. The van der Waals surface area contributed by atoms with E-state index in [0.717, 1.165) is 14.6 Å². The standard InChI is InChI=1S/C16H12IN3O2/c17-13-7-3-4-8-14(13)19-15(21)10-20-16(22)12-6-2-1-5-11(12)9-18-20/h1-9H,10H2,(H,19,21). The maximum Gasteiger partial charge on any atom is 0.275 e. The number of anilines is 1. The minimum atomic E-state index is -0.283. The van der Waals surface area contributed by atoms with Gasteiger partial charge in [-0.25, -0.2) is 4.68 Å². The Balaban J connectivity index is 1.84. The Hall–Kier alpha value is -2.22. The third-order valence-corrected chi connectivity index (χ3v) is 4.14. The van der Waals surface area contributed by atoms with Crippen LogP contribution in [0.25, 0.3) is 10.8 Å². The summed E-state index contributed by atoms with van der Waals surface area (Å²) in [5, 5.41) is 8.16. The minimum absolute atomic E-state index is 0.116. The predicted octanol–water partition coefficient (Wildman–Crippen LogP) is 2.64. The molecule has 1 heterocycles. The molecule has 0 bridgehead atoms. The fourth-order valence-electron chi connectivity index (χ4n) is 2.13. The van der Waals surface area contributed by atoms with Crippen molar-refractivity contribution in [2.45, 2.75) is 6.54 Å². The van der Waals surface area contributed by atoms with Crippen molar-refractivity contribution < 1.29 is 4.79 Å². The monoisotopic (exact) mass is 405 g/mol. The first-order valence-electron chi connectivity index (χ1n) is 6.64. The van der Waals surface area contributed by atoms with Crippen molar-refractivity contribution in [3.8, 4) is 0 Å². The summed E-state index contributed by atoms with van der Waals surface area (Å²) in [6, 6.07) is 14.6. The fraction of sp³-hybridized carbons (Fsp3) is 0.0625. The largest absolute Gasteiger partial charge is 0.324 e. The van der Waals surface area contributed by atoms with Gasteiger partial charge in [-0.2, -0.15) is 5.10 Å². The van der Waals surface area contributed by atoms with Crippen molar-refractivity contribution in [1.29, 1.82) is 0 Å². The zero-order valence-electron chi connectivity index (χ0n) is 11.5. The number of para-hydroxylation sites is 1. The smallest absolute Gasteiger partial charge is 0.275 e. The number of halogens is 1. The van der Waals surface area contributed by atoms with E-state index < -0.39 is 0 Å². The number of fused-ring (bicyclic) bond motifs is 1. The molecule has 3 rings (SSSR count). The van der Waals surface area contributed by atoms with Crippen LogP contribution in [0.5, 0.6) is 0 Å². The van der Waals surface area contributed by atoms with E-state index in [0.29, 0.717) is 5.39 Å². The first-order chi connectivity index (χ1) is 10.6. The number of carbonyl (C=O) groups is 1. The number of nitrogens with one attached hydrogen (secondary N) is 1. The van der Waals surface area contributed by atoms with Crippen LogP contribution >= 0.6 is 22.6 Å². The predicted molar refractivity (Wildman–Crippen MR) is 93.8 cm³/mol. The van der Waals surface area contributed by atoms with Gasteiger partial charge < -0.3 is 5.32 Å². The van der Waals surface area contributed by atoms with Crippen LogP contribution in [-0.4, -0.2) is 15.7 Å². The van der Waals surface area contributed by atoms with Gasteiger partial charge in [0.2, 0.25) is 5.91 Å². The summed E-state index contributed by atoms with van der Waals surface area (Å²) in [7, 11) is 0. The number of benzene rings is 2. The second-order valence-corrected chi connectivity index (χ2v) is 5.88. The molecule has 0 spiro atoms. The Morgan fingerprint density at radius 2 is 1.86 bits per heavy atom. The van der Waals surface area contributed by atoms with E-state index in [1.807, 2.05) is 36.4 Å². The zero-order valence-corrected chi connectivity index (χ0v) is 13.6. The highest BCUT2D eigenvalue weighted by atomic mass is 127. The Morgan fingerprint density at radius 3 is 2.68 bits per heavy atom. The third kappa shape index (κ3) is 3.01. The molecule has 1 aromatic heterocycles. The average molecular weight is 405 g/mol. The van der Waals surface area contributed by atoms with E-state index in [9.17, 15) is 9.59 Å². The Labute approximate surface area is 140 Å². The van der Waals surface area contributed by atoms with Gasteiger partial charge in [-0.15, -0.1) is 0 Å². The molecule has 3 aromatic rings. The van der Waals surface area contributed by atoms with Crippen LogP contribution in [-0.2, 0) is 11.3 Å². The van der Waals surface area contributed by atoms with E-state index in [1.165, 1.54) is 4.68 Å². The molecular formula is C16H12IN3O2. The van der Waals surface area contributed by atoms with Crippen LogP contribution in [0.15, 0.2) is 59.5 Å². The summed E-state index contributed by atoms with van der Waals surface area (Å²) in [6.45, 7) is -0.116. The molecule has 0 aliphatic carbocycles. The molecule has 0 saturated heterocycles. The lowest BCUT2D eigenvalue weighted by Crippen LogP contribution is -2.29. The SMILES string of the molecule is O=C(Cn1ncc2ccccc2c1=O)Nc1ccccc1I. The normalized spacial score (nSPS) is 10.6. The average Bonchev–Trinajstić information content (AvgIpc) is 2.53. The lowest BCUT2D eigenvalue weighted by Gasteiger charge is -2.08. The third-order valence-electron chi connectivity index (χ3n) is 3.20. The second kappa shape index (κ2) is 6.27. The topological polar surface area (TPSA) is 64.0 Å². The molecule has 0 aliphatic rings. The van der Waals surface area contributed by atoms with E-state index in [-0.39, 0.29) is 18.0 Å². The number of rotatable bonds is 3. The van der Waals surface area contributed by atoms with Gasteiger partial charge in [-0.05, 0) is 40.8 Å². The van der Waals surface area contributed by atoms with Gasteiger partial charge in [-0.3, -0.25) is 9.59 Å². The van der Waals surface area contributed by atoms with Gasteiger partial charge in [0.1, 0.15) is 6.54 Å². The molecule has 1 amide bonds. The summed E-state index contributed by atoms with van der Waals surface area (Å²) in [5.74, 6) is -0.283. The maximum atomic E-state index is 12.3. The molecular weight excluding hydrogens is 393 g/mol. The molecule has 0 saturated carbocycles. The molecule has 6 heteroatoms. The fourth-order valence-corrected chi connectivity index (χ4v) is 2.65. The molecule has 0 unspecified atom stereocenters. The summed E-state index contributed by atoms with van der Waals surface area (Å²) in [5.41, 5.74) is 0.456. The lowest BCUT2D eigenvalue weighted by molar-refractivity contribution is -0.117. The van der Waals surface area contributed by atoms with Gasteiger partial charge in [-0.1, -0.05) is 30.3 Å². The van der Waals surface area contributed by atoms with Gasteiger partial charge >= 0.3 is 0 Å². The van der Waals surface area contributed by atoms with E-state index in [2.05, 4.69) is 33.0 Å². The number of carbonyl (C=O) groups excluding carboxylic acids is 1. The van der Waals surface area contributed by atoms with Crippen molar-refractivity contribution in [2.75, 3.05) is 5.32 Å². The first-order valence-corrected chi connectivity index (χ1v) is 7.72. The van der Waals surface area contributed by atoms with Crippen LogP contribution in [0.4, 0.5) is 5.69 Å². The minimum Gasteiger partial charge on any atom is -0.324 e. The molecule has 2 aromatic carbocycles. The molecule has 110 valence electrons. The molecule has 0 atom stereocenters. The van der Waals surface area contributed by atoms with Crippen molar-refractivity contribution in [3.63, 3.8) is 0 Å².